The number of nitriles is 1. The van der Waals surface area contributed by atoms with Crippen molar-refractivity contribution in [1.29, 1.82) is 5.26 Å². The molecule has 1 heterocycles. The smallest absolute Gasteiger partial charge is 0.0628 e. The van der Waals surface area contributed by atoms with E-state index in [1.165, 1.54) is 34.1 Å². The Kier molecular flexibility index (Phi) is 3.09. The van der Waals surface area contributed by atoms with Crippen molar-refractivity contribution < 1.29 is 0 Å². The largest absolute Gasteiger partial charge is 0.358 e. The van der Waals surface area contributed by atoms with Gasteiger partial charge in [0.1, 0.15) is 0 Å². The summed E-state index contributed by atoms with van der Waals surface area (Å²) in [5, 5.41) is 10.4. The fourth-order valence-corrected chi connectivity index (χ4v) is 3.38. The van der Waals surface area contributed by atoms with Gasteiger partial charge < -0.3 is 4.98 Å². The summed E-state index contributed by atoms with van der Waals surface area (Å²) in [4.78, 5) is 3.57. The minimum absolute atomic E-state index is 0.164. The molecule has 20 heavy (non-hydrogen) atoms. The van der Waals surface area contributed by atoms with Gasteiger partial charge in [-0.25, -0.2) is 0 Å². The lowest BCUT2D eigenvalue weighted by molar-refractivity contribution is 0.561. The zero-order chi connectivity index (χ0) is 14.3. The molecular weight excluding hydrogens is 244 g/mol. The van der Waals surface area contributed by atoms with Gasteiger partial charge in [-0.05, 0) is 53.9 Å². The lowest BCUT2D eigenvalue weighted by Crippen LogP contribution is -2.11. The van der Waals surface area contributed by atoms with Gasteiger partial charge in [0.25, 0.3) is 0 Å². The predicted molar refractivity (Wildman–Crippen MR) is 82.9 cm³/mol. The molecule has 0 saturated heterocycles. The highest BCUT2D eigenvalue weighted by molar-refractivity contribution is 5.86. The third-order valence-electron chi connectivity index (χ3n) is 4.51. The molecule has 2 nitrogen and oxygen atoms in total. The maximum Gasteiger partial charge on any atom is 0.0628 e. The van der Waals surface area contributed by atoms with Crippen molar-refractivity contribution in [2.45, 2.75) is 57.8 Å². The third-order valence-corrected chi connectivity index (χ3v) is 4.51. The van der Waals surface area contributed by atoms with Crippen LogP contribution in [0.1, 0.15) is 62.8 Å². The topological polar surface area (TPSA) is 39.6 Å². The Morgan fingerprint density at radius 1 is 1.35 bits per heavy atom. The first-order valence-electron chi connectivity index (χ1n) is 7.52. The Morgan fingerprint density at radius 3 is 2.85 bits per heavy atom. The molecule has 0 amide bonds. The van der Waals surface area contributed by atoms with Gasteiger partial charge in [0.15, 0.2) is 0 Å². The summed E-state index contributed by atoms with van der Waals surface area (Å²) >= 11 is 0. The number of hydrogen-bond donors (Lipinski definition) is 1. The molecule has 0 radical (unpaired) electrons. The van der Waals surface area contributed by atoms with Crippen LogP contribution in [0.4, 0.5) is 0 Å². The van der Waals surface area contributed by atoms with E-state index in [0.717, 1.165) is 12.8 Å². The first-order valence-corrected chi connectivity index (χ1v) is 7.52. The van der Waals surface area contributed by atoms with Crippen molar-refractivity contribution in [3.8, 4) is 6.07 Å². The molecule has 1 unspecified atom stereocenters. The normalized spacial score (nSPS) is 18.8. The fraction of sp³-hybridized carbons (Fsp3) is 0.500. The van der Waals surface area contributed by atoms with Crippen molar-refractivity contribution >= 4 is 10.9 Å². The molecule has 2 heteroatoms. The summed E-state index contributed by atoms with van der Waals surface area (Å²) < 4.78 is 0. The Balaban J connectivity index is 2.19. The SMILES string of the molecule is CC(C)(C)c1ccc2[nH]c3c(c2c1)C(CC#N)CCC3. The van der Waals surface area contributed by atoms with Crippen LogP contribution in [-0.2, 0) is 11.8 Å². The van der Waals surface area contributed by atoms with Crippen LogP contribution in [0.15, 0.2) is 18.2 Å². The van der Waals surface area contributed by atoms with E-state index in [1.807, 2.05) is 0 Å². The molecule has 104 valence electrons. The Labute approximate surface area is 120 Å². The highest BCUT2D eigenvalue weighted by Crippen LogP contribution is 2.40. The van der Waals surface area contributed by atoms with E-state index >= 15 is 0 Å². The second kappa shape index (κ2) is 4.66. The van der Waals surface area contributed by atoms with Crippen LogP contribution in [0, 0.1) is 11.3 Å². The van der Waals surface area contributed by atoms with Gasteiger partial charge in [0, 0.05) is 23.0 Å². The second-order valence-electron chi connectivity index (χ2n) is 6.98. The van der Waals surface area contributed by atoms with Crippen molar-refractivity contribution in [1.82, 2.24) is 4.98 Å². The van der Waals surface area contributed by atoms with Crippen molar-refractivity contribution in [3.63, 3.8) is 0 Å². The van der Waals surface area contributed by atoms with Gasteiger partial charge >= 0.3 is 0 Å². The van der Waals surface area contributed by atoms with E-state index in [9.17, 15) is 0 Å². The molecule has 3 rings (SSSR count). The van der Waals surface area contributed by atoms with E-state index in [-0.39, 0.29) is 5.41 Å². The van der Waals surface area contributed by atoms with E-state index in [2.05, 4.69) is 50.0 Å². The highest BCUT2D eigenvalue weighted by Gasteiger charge is 2.25. The van der Waals surface area contributed by atoms with E-state index < -0.39 is 0 Å². The summed E-state index contributed by atoms with van der Waals surface area (Å²) in [6.45, 7) is 6.75. The number of H-pyrrole nitrogens is 1. The van der Waals surface area contributed by atoms with E-state index in [0.29, 0.717) is 12.3 Å². The lowest BCUT2D eigenvalue weighted by atomic mass is 9.81. The maximum absolute atomic E-state index is 9.08. The molecule has 0 spiro atoms. The molecule has 2 aromatic rings. The summed E-state index contributed by atoms with van der Waals surface area (Å²) in [7, 11) is 0. The molecule has 0 bridgehead atoms. The van der Waals surface area contributed by atoms with Gasteiger partial charge in [-0.1, -0.05) is 26.8 Å². The Bertz CT molecular complexity index is 680. The standard InChI is InChI=1S/C18H22N2/c1-18(2,3)13-7-8-15-14(11-13)17-12(9-10-19)5-4-6-16(17)20-15/h7-8,11-12,20H,4-6,9H2,1-3H3. The predicted octanol–water partition coefficient (Wildman–Crippen LogP) is 4.80. The minimum atomic E-state index is 0.164. The molecule has 1 aliphatic carbocycles. The number of aromatic nitrogens is 1. The number of aryl methyl sites for hydroxylation is 1. The molecule has 1 atom stereocenters. The van der Waals surface area contributed by atoms with Crippen LogP contribution in [0.5, 0.6) is 0 Å². The average molecular weight is 266 g/mol. The molecule has 1 aromatic carbocycles. The Hall–Kier alpha value is -1.75. The first-order chi connectivity index (χ1) is 9.50. The van der Waals surface area contributed by atoms with Gasteiger partial charge in [0.05, 0.1) is 6.07 Å². The number of nitrogens with one attached hydrogen (secondary N) is 1. The van der Waals surface area contributed by atoms with E-state index in [1.54, 1.807) is 0 Å². The van der Waals surface area contributed by atoms with Crippen LogP contribution in [0.2, 0.25) is 0 Å². The maximum atomic E-state index is 9.08. The van der Waals surface area contributed by atoms with Crippen LogP contribution in [0.25, 0.3) is 10.9 Å². The van der Waals surface area contributed by atoms with Gasteiger partial charge in [-0.15, -0.1) is 0 Å². The van der Waals surface area contributed by atoms with E-state index in [4.69, 9.17) is 5.26 Å². The number of hydrogen-bond acceptors (Lipinski definition) is 1. The molecule has 1 aliphatic rings. The highest BCUT2D eigenvalue weighted by atomic mass is 14.7. The van der Waals surface area contributed by atoms with Gasteiger partial charge in [-0.3, -0.25) is 0 Å². The number of nitrogens with zero attached hydrogens (tertiary/aromatic N) is 1. The molecule has 0 aliphatic heterocycles. The Morgan fingerprint density at radius 2 is 2.15 bits per heavy atom. The van der Waals surface area contributed by atoms with Gasteiger partial charge in [0.2, 0.25) is 0 Å². The first kappa shape index (κ1) is 13.2. The minimum Gasteiger partial charge on any atom is -0.358 e. The van der Waals surface area contributed by atoms with Crippen LogP contribution in [0.3, 0.4) is 0 Å². The monoisotopic (exact) mass is 266 g/mol. The second-order valence-corrected chi connectivity index (χ2v) is 6.98. The summed E-state index contributed by atoms with van der Waals surface area (Å²) in [6, 6.07) is 9.13. The quantitative estimate of drug-likeness (QED) is 0.791. The van der Waals surface area contributed by atoms with Crippen LogP contribution in [-0.4, -0.2) is 4.98 Å². The number of rotatable bonds is 1. The van der Waals surface area contributed by atoms with Crippen molar-refractivity contribution in [2.24, 2.45) is 0 Å². The number of fused-ring (bicyclic) bond motifs is 3. The number of aromatic amines is 1. The zero-order valence-corrected chi connectivity index (χ0v) is 12.6. The van der Waals surface area contributed by atoms with Crippen LogP contribution < -0.4 is 0 Å². The molecule has 0 saturated carbocycles. The average Bonchev–Trinajstić information content (AvgIpc) is 2.76. The molecular formula is C18H22N2. The number of benzene rings is 1. The van der Waals surface area contributed by atoms with Crippen molar-refractivity contribution in [3.05, 3.63) is 35.0 Å². The molecule has 0 fully saturated rings. The lowest BCUT2D eigenvalue weighted by Gasteiger charge is -2.22. The summed E-state index contributed by atoms with van der Waals surface area (Å²) in [6.07, 6.45) is 4.10. The van der Waals surface area contributed by atoms with Crippen LogP contribution >= 0.6 is 0 Å². The fourth-order valence-electron chi connectivity index (χ4n) is 3.38. The summed E-state index contributed by atoms with van der Waals surface area (Å²) in [5.74, 6) is 0.410. The van der Waals surface area contributed by atoms with Crippen molar-refractivity contribution in [2.75, 3.05) is 0 Å². The molecule has 1 N–H and O–H groups in total. The summed E-state index contributed by atoms with van der Waals surface area (Å²) in [5.41, 5.74) is 5.54. The third kappa shape index (κ3) is 2.12. The van der Waals surface area contributed by atoms with Gasteiger partial charge in [-0.2, -0.15) is 5.26 Å². The zero-order valence-electron chi connectivity index (χ0n) is 12.6. The molecule has 1 aromatic heterocycles.